The van der Waals surface area contributed by atoms with Gasteiger partial charge in [0.05, 0.1) is 4.92 Å². The van der Waals surface area contributed by atoms with E-state index in [0.717, 1.165) is 16.5 Å². The molecule has 0 aliphatic carbocycles. The van der Waals surface area contributed by atoms with E-state index in [9.17, 15) is 20.2 Å². The van der Waals surface area contributed by atoms with E-state index in [4.69, 9.17) is 4.42 Å². The molecule has 0 radical (unpaired) electrons. The van der Waals surface area contributed by atoms with Gasteiger partial charge in [0.25, 0.3) is 11.6 Å². The van der Waals surface area contributed by atoms with Gasteiger partial charge in [-0.3, -0.25) is 14.9 Å². The molecule has 0 spiro atoms. The minimum atomic E-state index is -0.499. The Morgan fingerprint density at radius 1 is 1.19 bits per heavy atom. The number of H-pyrrole nitrogens is 1. The summed E-state index contributed by atoms with van der Waals surface area (Å²) in [4.78, 5) is 26.1. The maximum Gasteiger partial charge on any atom is 0.270 e. The van der Waals surface area contributed by atoms with Crippen LogP contribution in [-0.2, 0) is 11.2 Å². The second-order valence-corrected chi connectivity index (χ2v) is 7.04. The molecular formula is C24H18N4O4. The van der Waals surface area contributed by atoms with E-state index in [1.165, 1.54) is 18.2 Å². The fraction of sp³-hybridized carbons (Fsp3) is 0.0833. The molecule has 0 bridgehead atoms. The van der Waals surface area contributed by atoms with Crippen LogP contribution in [0.15, 0.2) is 76.9 Å². The topological polar surface area (TPSA) is 125 Å². The number of hydrogen-bond acceptors (Lipinski definition) is 5. The van der Waals surface area contributed by atoms with Crippen molar-refractivity contribution in [2.75, 3.05) is 6.54 Å². The quantitative estimate of drug-likeness (QED) is 0.193. The molecule has 158 valence electrons. The number of aromatic amines is 1. The van der Waals surface area contributed by atoms with Gasteiger partial charge in [0.1, 0.15) is 23.2 Å². The Bertz CT molecular complexity index is 1370. The van der Waals surface area contributed by atoms with Gasteiger partial charge in [-0.25, -0.2) is 0 Å². The Labute approximate surface area is 182 Å². The molecular weight excluding hydrogens is 408 g/mol. The van der Waals surface area contributed by atoms with E-state index in [2.05, 4.69) is 10.3 Å². The molecule has 2 N–H and O–H groups in total. The number of fused-ring (bicyclic) bond motifs is 1. The predicted molar refractivity (Wildman–Crippen MR) is 119 cm³/mol. The van der Waals surface area contributed by atoms with Gasteiger partial charge < -0.3 is 14.7 Å². The number of aromatic nitrogens is 1. The molecule has 32 heavy (non-hydrogen) atoms. The molecule has 2 aromatic heterocycles. The number of nitrogens with one attached hydrogen (secondary N) is 2. The van der Waals surface area contributed by atoms with Crippen LogP contribution in [0.25, 0.3) is 28.3 Å². The zero-order valence-corrected chi connectivity index (χ0v) is 16.9. The minimum absolute atomic E-state index is 0.0525. The molecule has 0 aliphatic heterocycles. The Kier molecular flexibility index (Phi) is 5.81. The number of para-hydroxylation sites is 1. The third kappa shape index (κ3) is 4.42. The number of hydrogen-bond donors (Lipinski definition) is 2. The van der Waals surface area contributed by atoms with Crippen LogP contribution < -0.4 is 5.32 Å². The van der Waals surface area contributed by atoms with E-state index < -0.39 is 10.8 Å². The number of nitro groups is 1. The first-order valence-corrected chi connectivity index (χ1v) is 9.85. The summed E-state index contributed by atoms with van der Waals surface area (Å²) >= 11 is 0. The molecule has 1 amide bonds. The molecule has 8 nitrogen and oxygen atoms in total. The van der Waals surface area contributed by atoms with Crippen LogP contribution in [0.2, 0.25) is 0 Å². The fourth-order valence-corrected chi connectivity index (χ4v) is 3.39. The summed E-state index contributed by atoms with van der Waals surface area (Å²) in [6.07, 6.45) is 3.88. The monoisotopic (exact) mass is 426 g/mol. The Hall–Kier alpha value is -4.64. The second kappa shape index (κ2) is 9.02. The molecule has 0 saturated heterocycles. The minimum Gasteiger partial charge on any atom is -0.457 e. The molecule has 0 unspecified atom stereocenters. The number of amides is 1. The highest BCUT2D eigenvalue weighted by Gasteiger charge is 2.13. The lowest BCUT2D eigenvalue weighted by Crippen LogP contribution is -2.26. The van der Waals surface area contributed by atoms with Gasteiger partial charge in [-0.2, -0.15) is 5.26 Å². The van der Waals surface area contributed by atoms with Crippen LogP contribution in [0.5, 0.6) is 0 Å². The van der Waals surface area contributed by atoms with Crippen molar-refractivity contribution >= 4 is 28.6 Å². The van der Waals surface area contributed by atoms with Crippen molar-refractivity contribution < 1.29 is 14.1 Å². The van der Waals surface area contributed by atoms with Crippen LogP contribution in [0, 0.1) is 21.4 Å². The summed E-state index contributed by atoms with van der Waals surface area (Å²) in [5.41, 5.74) is 2.49. The normalized spacial score (nSPS) is 11.3. The first-order chi connectivity index (χ1) is 15.5. The highest BCUT2D eigenvalue weighted by molar-refractivity contribution is 6.01. The average Bonchev–Trinajstić information content (AvgIpc) is 3.45. The molecule has 4 rings (SSSR count). The van der Waals surface area contributed by atoms with E-state index in [1.54, 1.807) is 24.3 Å². The highest BCUT2D eigenvalue weighted by atomic mass is 16.6. The first-order valence-electron chi connectivity index (χ1n) is 9.85. The smallest absolute Gasteiger partial charge is 0.270 e. The van der Waals surface area contributed by atoms with E-state index in [-0.39, 0.29) is 11.3 Å². The van der Waals surface area contributed by atoms with Crippen molar-refractivity contribution in [1.29, 1.82) is 5.26 Å². The predicted octanol–water partition coefficient (Wildman–Crippen LogP) is 4.60. The van der Waals surface area contributed by atoms with Crippen LogP contribution in [0.1, 0.15) is 11.3 Å². The van der Waals surface area contributed by atoms with Crippen LogP contribution in [0.4, 0.5) is 5.69 Å². The SMILES string of the molecule is N#C/C(=C/c1ccc(-c2cccc([N+](=O)[O-])c2)o1)C(=O)NCCc1c[nH]c2ccccc12. The summed E-state index contributed by atoms with van der Waals surface area (Å²) in [5, 5.41) is 24.2. The third-order valence-electron chi connectivity index (χ3n) is 4.97. The summed E-state index contributed by atoms with van der Waals surface area (Å²) in [6.45, 7) is 0.372. The number of nitrogens with zero attached hydrogens (tertiary/aromatic N) is 2. The highest BCUT2D eigenvalue weighted by Crippen LogP contribution is 2.26. The van der Waals surface area contributed by atoms with Gasteiger partial charge in [-0.1, -0.05) is 30.3 Å². The van der Waals surface area contributed by atoms with Crippen molar-refractivity contribution in [2.45, 2.75) is 6.42 Å². The zero-order valence-electron chi connectivity index (χ0n) is 16.9. The largest absolute Gasteiger partial charge is 0.457 e. The van der Waals surface area contributed by atoms with Gasteiger partial charge in [0.15, 0.2) is 0 Å². The standard InChI is InChI=1S/C24H18N4O4/c25-14-18(24(29)26-11-10-17-15-27-22-7-2-1-6-21(17)22)13-20-8-9-23(32-20)16-4-3-5-19(12-16)28(30)31/h1-9,12-13,15,27H,10-11H2,(H,26,29)/b18-13-. The zero-order chi connectivity index (χ0) is 22.5. The van der Waals surface area contributed by atoms with E-state index in [1.807, 2.05) is 36.5 Å². The Balaban J connectivity index is 1.42. The number of carbonyl (C=O) groups excluding carboxylic acids is 1. The number of benzene rings is 2. The maximum atomic E-state index is 12.4. The molecule has 8 heteroatoms. The molecule has 0 aliphatic rings. The van der Waals surface area contributed by atoms with Crippen LogP contribution >= 0.6 is 0 Å². The molecule has 0 fully saturated rings. The lowest BCUT2D eigenvalue weighted by molar-refractivity contribution is -0.384. The summed E-state index contributed by atoms with van der Waals surface area (Å²) in [6, 6.07) is 19.1. The lowest BCUT2D eigenvalue weighted by Gasteiger charge is -2.03. The number of furan rings is 1. The number of non-ortho nitro benzene ring substituents is 1. The van der Waals surface area contributed by atoms with E-state index in [0.29, 0.717) is 30.0 Å². The van der Waals surface area contributed by atoms with Gasteiger partial charge >= 0.3 is 0 Å². The molecule has 0 saturated carbocycles. The Morgan fingerprint density at radius 3 is 2.84 bits per heavy atom. The second-order valence-electron chi connectivity index (χ2n) is 7.04. The van der Waals surface area contributed by atoms with Crippen molar-refractivity contribution in [3.63, 3.8) is 0 Å². The fourth-order valence-electron chi connectivity index (χ4n) is 3.39. The van der Waals surface area contributed by atoms with Crippen LogP contribution in [-0.4, -0.2) is 22.4 Å². The number of rotatable bonds is 7. The van der Waals surface area contributed by atoms with Gasteiger partial charge in [0.2, 0.25) is 0 Å². The van der Waals surface area contributed by atoms with Crippen molar-refractivity contribution in [3.05, 3.63) is 93.9 Å². The average molecular weight is 426 g/mol. The van der Waals surface area contributed by atoms with Gasteiger partial charge in [-0.15, -0.1) is 0 Å². The third-order valence-corrected chi connectivity index (χ3v) is 4.97. The summed E-state index contributed by atoms with van der Waals surface area (Å²) in [7, 11) is 0. The van der Waals surface area contributed by atoms with Crippen molar-refractivity contribution in [1.82, 2.24) is 10.3 Å². The molecule has 0 atom stereocenters. The lowest BCUT2D eigenvalue weighted by atomic mass is 10.1. The van der Waals surface area contributed by atoms with Gasteiger partial charge in [-0.05, 0) is 30.2 Å². The van der Waals surface area contributed by atoms with E-state index >= 15 is 0 Å². The van der Waals surface area contributed by atoms with Crippen LogP contribution in [0.3, 0.4) is 0 Å². The molecule has 2 aromatic carbocycles. The maximum absolute atomic E-state index is 12.4. The molecule has 2 heterocycles. The summed E-state index contributed by atoms with van der Waals surface area (Å²) in [5.74, 6) is 0.201. The number of carbonyl (C=O) groups is 1. The number of nitriles is 1. The van der Waals surface area contributed by atoms with Crippen molar-refractivity contribution in [2.24, 2.45) is 0 Å². The summed E-state index contributed by atoms with van der Waals surface area (Å²) < 4.78 is 5.66. The molecule has 4 aromatic rings. The number of nitro benzene ring substituents is 1. The first kappa shape index (κ1) is 20.6. The van der Waals surface area contributed by atoms with Crippen molar-refractivity contribution in [3.8, 4) is 17.4 Å². The van der Waals surface area contributed by atoms with Gasteiger partial charge in [0, 0.05) is 47.4 Å². The Morgan fingerprint density at radius 2 is 2.03 bits per heavy atom.